The van der Waals surface area contributed by atoms with Crippen LogP contribution in [0.25, 0.3) is 10.9 Å². The molecule has 1 aromatic carbocycles. The van der Waals surface area contributed by atoms with Crippen LogP contribution in [0.5, 0.6) is 0 Å². The van der Waals surface area contributed by atoms with Gasteiger partial charge >= 0.3 is 0 Å². The Balaban J connectivity index is 2.46. The van der Waals surface area contributed by atoms with Crippen molar-refractivity contribution in [3.8, 4) is 0 Å². The molecule has 5 nitrogen and oxygen atoms in total. The second-order valence-electron chi connectivity index (χ2n) is 4.16. The smallest absolute Gasteiger partial charge is 0.278 e. The van der Waals surface area contributed by atoms with E-state index < -0.39 is 4.92 Å². The molecule has 0 N–H and O–H groups in total. The fraction of sp³-hybridized carbons (Fsp3) is 0.308. The van der Waals surface area contributed by atoms with Crippen molar-refractivity contribution in [1.29, 1.82) is 0 Å². The molecule has 1 atom stereocenters. The third kappa shape index (κ3) is 3.00. The molecule has 0 aliphatic carbocycles. The van der Waals surface area contributed by atoms with E-state index in [0.29, 0.717) is 23.9 Å². The van der Waals surface area contributed by atoms with Crippen molar-refractivity contribution in [3.63, 3.8) is 0 Å². The molecule has 1 heterocycles. The number of rotatable bonds is 5. The summed E-state index contributed by atoms with van der Waals surface area (Å²) in [6.45, 7) is 0.423. The van der Waals surface area contributed by atoms with Crippen LogP contribution in [0.15, 0.2) is 30.5 Å². The average molecular weight is 281 g/mol. The maximum absolute atomic E-state index is 11.0. The quantitative estimate of drug-likeness (QED) is 0.480. The van der Waals surface area contributed by atoms with E-state index in [-0.39, 0.29) is 11.1 Å². The lowest BCUT2D eigenvalue weighted by Gasteiger charge is -2.10. The summed E-state index contributed by atoms with van der Waals surface area (Å²) in [4.78, 5) is 14.8. The molecule has 0 bridgehead atoms. The van der Waals surface area contributed by atoms with Gasteiger partial charge in [0.15, 0.2) is 0 Å². The predicted octanol–water partition coefficient (Wildman–Crippen LogP) is 2.94. The van der Waals surface area contributed by atoms with Gasteiger partial charge in [0.2, 0.25) is 0 Å². The maximum atomic E-state index is 11.0. The van der Waals surface area contributed by atoms with E-state index in [1.165, 1.54) is 6.07 Å². The molecule has 0 aliphatic heterocycles. The fourth-order valence-electron chi connectivity index (χ4n) is 2.02. The molecule has 0 radical (unpaired) electrons. The lowest BCUT2D eigenvalue weighted by molar-refractivity contribution is -0.383. The monoisotopic (exact) mass is 280 g/mol. The standard InChI is InChI=1S/C13H13ClN2O3/c1-19-8-10(14)7-9-4-5-12(16(17)18)11-3-2-6-15-13(9)11/h2-6,10H,7-8H2,1H3. The van der Waals surface area contributed by atoms with Crippen LogP contribution in [-0.4, -0.2) is 29.0 Å². The number of pyridine rings is 1. The van der Waals surface area contributed by atoms with Gasteiger partial charge in [-0.3, -0.25) is 15.1 Å². The molecule has 100 valence electrons. The highest BCUT2D eigenvalue weighted by molar-refractivity contribution is 6.21. The molecular weight excluding hydrogens is 268 g/mol. The van der Waals surface area contributed by atoms with Crippen LogP contribution in [0.1, 0.15) is 5.56 Å². The molecule has 0 saturated heterocycles. The molecule has 6 heteroatoms. The molecule has 19 heavy (non-hydrogen) atoms. The van der Waals surface area contributed by atoms with Gasteiger partial charge in [0.25, 0.3) is 5.69 Å². The number of nitrogens with zero attached hydrogens (tertiary/aromatic N) is 2. The Morgan fingerprint density at radius 3 is 2.95 bits per heavy atom. The predicted molar refractivity (Wildman–Crippen MR) is 73.6 cm³/mol. The SMILES string of the molecule is COCC(Cl)Cc1ccc([N+](=O)[O-])c2cccnc12. The number of nitro benzene ring substituents is 1. The van der Waals surface area contributed by atoms with Gasteiger partial charge < -0.3 is 4.74 Å². The van der Waals surface area contributed by atoms with Crippen molar-refractivity contribution >= 4 is 28.2 Å². The van der Waals surface area contributed by atoms with Crippen molar-refractivity contribution < 1.29 is 9.66 Å². The second kappa shape index (κ2) is 5.95. The number of alkyl halides is 1. The van der Waals surface area contributed by atoms with Gasteiger partial charge in [-0.05, 0) is 30.2 Å². The zero-order valence-electron chi connectivity index (χ0n) is 10.4. The Bertz CT molecular complexity index is 603. The zero-order valence-corrected chi connectivity index (χ0v) is 11.1. The van der Waals surface area contributed by atoms with Crippen LogP contribution >= 0.6 is 11.6 Å². The van der Waals surface area contributed by atoms with Crippen LogP contribution in [0, 0.1) is 10.1 Å². The van der Waals surface area contributed by atoms with E-state index in [9.17, 15) is 10.1 Å². The van der Waals surface area contributed by atoms with Crippen LogP contribution in [0.2, 0.25) is 0 Å². The molecule has 2 rings (SSSR count). The van der Waals surface area contributed by atoms with E-state index in [0.717, 1.165) is 5.56 Å². The second-order valence-corrected chi connectivity index (χ2v) is 4.77. The van der Waals surface area contributed by atoms with E-state index in [2.05, 4.69) is 4.98 Å². The summed E-state index contributed by atoms with van der Waals surface area (Å²) < 4.78 is 4.99. The van der Waals surface area contributed by atoms with Crippen LogP contribution in [0.3, 0.4) is 0 Å². The van der Waals surface area contributed by atoms with Gasteiger partial charge in [-0.2, -0.15) is 0 Å². The van der Waals surface area contributed by atoms with E-state index >= 15 is 0 Å². The number of aromatic nitrogens is 1. The van der Waals surface area contributed by atoms with Crippen molar-refractivity contribution in [2.45, 2.75) is 11.8 Å². The van der Waals surface area contributed by atoms with Gasteiger partial charge in [0.05, 0.1) is 27.8 Å². The van der Waals surface area contributed by atoms with Crippen LogP contribution in [0.4, 0.5) is 5.69 Å². The Kier molecular flexibility index (Phi) is 4.29. The van der Waals surface area contributed by atoms with E-state index in [4.69, 9.17) is 16.3 Å². The molecule has 0 fully saturated rings. The third-order valence-corrected chi connectivity index (χ3v) is 3.10. The molecule has 1 unspecified atom stereocenters. The Labute approximate surface area is 115 Å². The van der Waals surface area contributed by atoms with Crippen LogP contribution in [-0.2, 0) is 11.2 Å². The first-order chi connectivity index (χ1) is 9.13. The van der Waals surface area contributed by atoms with Crippen molar-refractivity contribution in [3.05, 3.63) is 46.1 Å². The lowest BCUT2D eigenvalue weighted by atomic mass is 10.0. The minimum Gasteiger partial charge on any atom is -0.383 e. The normalized spacial score (nSPS) is 12.5. The molecule has 0 amide bonds. The summed E-state index contributed by atoms with van der Waals surface area (Å²) in [5.41, 5.74) is 1.57. The first-order valence-corrected chi connectivity index (χ1v) is 6.21. The summed E-state index contributed by atoms with van der Waals surface area (Å²) in [6, 6.07) is 6.59. The van der Waals surface area contributed by atoms with Crippen molar-refractivity contribution in [2.24, 2.45) is 0 Å². The number of non-ortho nitro benzene ring substituents is 1. The number of hydrogen-bond acceptors (Lipinski definition) is 4. The number of halogens is 1. The first-order valence-electron chi connectivity index (χ1n) is 5.77. The van der Waals surface area contributed by atoms with Gasteiger partial charge in [-0.25, -0.2) is 0 Å². The molecule has 0 aliphatic rings. The number of methoxy groups -OCH3 is 1. The molecule has 0 spiro atoms. The topological polar surface area (TPSA) is 65.3 Å². The van der Waals surface area contributed by atoms with Crippen LogP contribution < -0.4 is 0 Å². The minimum atomic E-state index is -0.402. The zero-order chi connectivity index (χ0) is 13.8. The van der Waals surface area contributed by atoms with Gasteiger partial charge in [0.1, 0.15) is 0 Å². The summed E-state index contributed by atoms with van der Waals surface area (Å²) >= 11 is 6.13. The summed E-state index contributed by atoms with van der Waals surface area (Å²) in [5.74, 6) is 0. The third-order valence-electron chi connectivity index (χ3n) is 2.82. The fourth-order valence-corrected chi connectivity index (χ4v) is 2.31. The Hall–Kier alpha value is -1.72. The number of benzene rings is 1. The number of ether oxygens (including phenoxy) is 1. The summed E-state index contributed by atoms with van der Waals surface area (Å²) in [6.07, 6.45) is 2.18. The molecular formula is C13H13ClN2O3. The van der Waals surface area contributed by atoms with E-state index in [1.54, 1.807) is 31.5 Å². The number of nitro groups is 1. The van der Waals surface area contributed by atoms with Crippen molar-refractivity contribution in [1.82, 2.24) is 4.98 Å². The Morgan fingerprint density at radius 2 is 2.26 bits per heavy atom. The first kappa shape index (κ1) is 13.7. The number of hydrogen-bond donors (Lipinski definition) is 0. The maximum Gasteiger partial charge on any atom is 0.278 e. The molecule has 0 saturated carbocycles. The van der Waals surface area contributed by atoms with Crippen molar-refractivity contribution in [2.75, 3.05) is 13.7 Å². The summed E-state index contributed by atoms with van der Waals surface area (Å²) in [7, 11) is 1.58. The van der Waals surface area contributed by atoms with Gasteiger partial charge in [-0.15, -0.1) is 11.6 Å². The average Bonchev–Trinajstić information content (AvgIpc) is 2.39. The van der Waals surface area contributed by atoms with Gasteiger partial charge in [-0.1, -0.05) is 0 Å². The van der Waals surface area contributed by atoms with E-state index in [1.807, 2.05) is 0 Å². The highest BCUT2D eigenvalue weighted by atomic mass is 35.5. The largest absolute Gasteiger partial charge is 0.383 e. The lowest BCUT2D eigenvalue weighted by Crippen LogP contribution is -2.11. The highest BCUT2D eigenvalue weighted by Gasteiger charge is 2.16. The summed E-state index contributed by atoms with van der Waals surface area (Å²) in [5, 5.41) is 11.3. The molecule has 1 aromatic heterocycles. The highest BCUT2D eigenvalue weighted by Crippen LogP contribution is 2.27. The Morgan fingerprint density at radius 1 is 1.47 bits per heavy atom. The minimum absolute atomic E-state index is 0.0599. The molecule has 2 aromatic rings. The van der Waals surface area contributed by atoms with Gasteiger partial charge in [0, 0.05) is 19.4 Å². The number of fused-ring (bicyclic) bond motifs is 1.